The Kier molecular flexibility index (Phi) is 18.0. The second-order valence-corrected chi connectivity index (χ2v) is 23.3. The number of nitrogens with zero attached hydrogens (tertiary/aromatic N) is 6. The molecule has 0 radical (unpaired) electrons. The molecule has 0 N–H and O–H groups in total. The highest BCUT2D eigenvalue weighted by Crippen LogP contribution is 2.53. The van der Waals surface area contributed by atoms with Crippen LogP contribution in [0.5, 0.6) is 17.4 Å². The van der Waals surface area contributed by atoms with Gasteiger partial charge in [0.15, 0.2) is 5.82 Å². The summed E-state index contributed by atoms with van der Waals surface area (Å²) in [5.41, 5.74) is 4.49. The summed E-state index contributed by atoms with van der Waals surface area (Å²) in [7, 11) is 3.78. The first-order chi connectivity index (χ1) is 36.1. The fourth-order valence-corrected chi connectivity index (χ4v) is 12.2. The summed E-state index contributed by atoms with van der Waals surface area (Å²) in [5.74, 6) is 1.67. The number of carbonyl (C=O) groups excluding carboxylic acids is 1. The van der Waals surface area contributed by atoms with E-state index in [1.54, 1.807) is 30.7 Å². The van der Waals surface area contributed by atoms with Crippen LogP contribution in [0, 0.1) is 19.8 Å². The molecule has 6 heterocycles. The zero-order chi connectivity index (χ0) is 52.9. The number of fused-ring (bicyclic) bond motifs is 7. The van der Waals surface area contributed by atoms with E-state index in [1.165, 1.54) is 11.2 Å². The van der Waals surface area contributed by atoms with E-state index in [9.17, 15) is 4.79 Å². The number of methoxy groups -OCH3 is 1. The fraction of sp³-hybridized carbons (Fsp3) is 0.561. The van der Waals surface area contributed by atoms with Crippen molar-refractivity contribution in [3.63, 3.8) is 0 Å². The van der Waals surface area contributed by atoms with Crippen molar-refractivity contribution in [1.29, 1.82) is 0 Å². The molecule has 2 fully saturated rings. The normalized spacial score (nSPS) is 21.0. The monoisotopic (exact) mass is 1090 g/mol. The van der Waals surface area contributed by atoms with Crippen LogP contribution in [-0.2, 0) is 43.2 Å². The first-order valence-electron chi connectivity index (χ1n) is 26.3. The molecule has 2 aliphatic carbocycles. The topological polar surface area (TPSA) is 140 Å². The van der Waals surface area contributed by atoms with Crippen molar-refractivity contribution in [1.82, 2.24) is 29.7 Å². The lowest BCUT2D eigenvalue weighted by Crippen LogP contribution is -2.47. The maximum absolute atomic E-state index is 15.8. The number of thiophene rings is 1. The molecule has 5 aliphatic rings. The Balaban J connectivity index is 1.06. The predicted molar refractivity (Wildman–Crippen MR) is 292 cm³/mol. The van der Waals surface area contributed by atoms with Gasteiger partial charge < -0.3 is 43.0 Å². The summed E-state index contributed by atoms with van der Waals surface area (Å²) in [6.45, 7) is 16.4. The maximum Gasteiger partial charge on any atom is 0.348 e. The number of likely N-dealkylation sites (N-methyl/N-ethyl adjacent to an activating group) is 1. The van der Waals surface area contributed by atoms with Crippen molar-refractivity contribution in [2.24, 2.45) is 5.92 Å². The Morgan fingerprint density at radius 3 is 2.43 bits per heavy atom. The molecule has 4 bridgehead atoms. The van der Waals surface area contributed by atoms with Gasteiger partial charge in [-0.25, -0.2) is 29.1 Å². The average Bonchev–Trinajstić information content (AvgIpc) is 3.74. The highest BCUT2D eigenvalue weighted by atomic mass is 35.5. The largest absolute Gasteiger partial charge is 0.493 e. The lowest BCUT2D eigenvalue weighted by atomic mass is 9.80. The minimum Gasteiger partial charge on any atom is -0.493 e. The molecule has 404 valence electrons. The average molecular weight is 1090 g/mol. The van der Waals surface area contributed by atoms with Gasteiger partial charge in [-0.2, -0.15) is 0 Å². The van der Waals surface area contributed by atoms with Crippen LogP contribution in [0.2, 0.25) is 10.0 Å². The van der Waals surface area contributed by atoms with Gasteiger partial charge in [0.1, 0.15) is 40.5 Å². The van der Waals surface area contributed by atoms with Gasteiger partial charge in [0.25, 0.3) is 0 Å². The Labute approximate surface area is 454 Å². The van der Waals surface area contributed by atoms with E-state index >= 15 is 4.39 Å². The summed E-state index contributed by atoms with van der Waals surface area (Å²) in [6.07, 6.45) is 8.70. The van der Waals surface area contributed by atoms with Gasteiger partial charge in [-0.1, -0.05) is 35.7 Å². The number of benzene rings is 2. The molecule has 18 heteroatoms. The predicted octanol–water partition coefficient (Wildman–Crippen LogP) is 11.0. The lowest BCUT2D eigenvalue weighted by Gasteiger charge is -2.35. The van der Waals surface area contributed by atoms with E-state index < -0.39 is 23.3 Å². The number of aromatic nitrogens is 4. The molecule has 14 nitrogen and oxygen atoms in total. The zero-order valence-corrected chi connectivity index (χ0v) is 46.7. The quantitative estimate of drug-likeness (QED) is 0.0684. The van der Waals surface area contributed by atoms with Crippen molar-refractivity contribution in [3.8, 4) is 28.5 Å². The van der Waals surface area contributed by atoms with E-state index in [0.29, 0.717) is 95.8 Å². The van der Waals surface area contributed by atoms with Crippen LogP contribution in [0.3, 0.4) is 0 Å². The lowest BCUT2D eigenvalue weighted by molar-refractivity contribution is -0.163. The number of ether oxygens (including phenoxy) is 7. The van der Waals surface area contributed by atoms with Crippen LogP contribution in [0.25, 0.3) is 26.9 Å². The second-order valence-electron chi connectivity index (χ2n) is 21.6. The number of halogens is 3. The van der Waals surface area contributed by atoms with Gasteiger partial charge in [-0.05, 0) is 132 Å². The summed E-state index contributed by atoms with van der Waals surface area (Å²) in [6, 6.07) is 7.48. The molecule has 10 rings (SSSR count). The number of hydrogen-bond donors (Lipinski definition) is 0. The standard InChI is InChI=1S/C57H71Cl2FN6O8S/c1-35-46-36(2)50(59)43(49(35)58)27-37(30-66-21-19-65(6)20-22-66)31-71-42-11-12-44(72-32-41-15-18-61-52(64-41)39-13-16-57(60,17-14-39)33-70-26-25-69-24-23-68-7)40(28-42)29-45(55(67)74-56(3,4)5)73-53-48-47(46)51(38-9-8-10-38)75-54(48)63-34-62-53/h11-13,15,18,28,34,37-38,45H,8-10,14,16-17,19-27,29-33H2,1-7H3/t37-,45-,57-/m1/s1. The Morgan fingerprint density at radius 2 is 1.72 bits per heavy atom. The number of piperazine rings is 1. The number of hydrogen-bond acceptors (Lipinski definition) is 15. The van der Waals surface area contributed by atoms with Crippen LogP contribution in [0.1, 0.15) is 104 Å². The third-order valence-corrected chi connectivity index (χ3v) is 17.0. The number of rotatable bonds is 16. The van der Waals surface area contributed by atoms with Crippen LogP contribution in [0.4, 0.5) is 4.39 Å². The molecule has 0 spiro atoms. The Morgan fingerprint density at radius 1 is 0.960 bits per heavy atom. The van der Waals surface area contributed by atoms with E-state index in [4.69, 9.17) is 71.3 Å². The van der Waals surface area contributed by atoms with Gasteiger partial charge in [0.05, 0.1) is 50.7 Å². The maximum atomic E-state index is 15.8. The summed E-state index contributed by atoms with van der Waals surface area (Å²) >= 11 is 16.7. The summed E-state index contributed by atoms with van der Waals surface area (Å²) < 4.78 is 58.4. The summed E-state index contributed by atoms with van der Waals surface area (Å²) in [5, 5.41) is 1.98. The van der Waals surface area contributed by atoms with Crippen molar-refractivity contribution in [2.45, 2.75) is 116 Å². The van der Waals surface area contributed by atoms with E-state index in [-0.39, 0.29) is 44.3 Å². The van der Waals surface area contributed by atoms with Gasteiger partial charge in [0, 0.05) is 90.8 Å². The molecule has 0 unspecified atom stereocenters. The molecule has 3 aromatic heterocycles. The van der Waals surface area contributed by atoms with Gasteiger partial charge in [-0.15, -0.1) is 11.3 Å². The van der Waals surface area contributed by atoms with Crippen LogP contribution in [-0.4, -0.2) is 140 Å². The summed E-state index contributed by atoms with van der Waals surface area (Å²) in [4.78, 5) is 40.4. The smallest absolute Gasteiger partial charge is 0.348 e. The van der Waals surface area contributed by atoms with Crippen molar-refractivity contribution in [2.75, 3.05) is 86.5 Å². The SMILES string of the molecule is COCCOCCOC[C@@]1(F)CC=C(c2nccc(COc3ccc4cc3C[C@H](C(=O)OC(C)(C)C)Oc3ncnc5sc(C6CCC6)c(c35)-c3c(C)c(Cl)c(c(Cl)c3C)C[C@H](CN3CCN(C)CC3)CO4)n2)CC1. The molecular formula is C57H71Cl2FN6O8S. The minimum absolute atomic E-state index is 0.0146. The van der Waals surface area contributed by atoms with Crippen LogP contribution in [0.15, 0.2) is 42.9 Å². The highest BCUT2D eigenvalue weighted by molar-refractivity contribution is 7.19. The van der Waals surface area contributed by atoms with Crippen molar-refractivity contribution >= 4 is 56.3 Å². The van der Waals surface area contributed by atoms with Gasteiger partial charge in [0.2, 0.25) is 12.0 Å². The number of alkyl halides is 1. The molecule has 2 aromatic carbocycles. The van der Waals surface area contributed by atoms with E-state index in [1.807, 2.05) is 45.0 Å². The molecule has 1 saturated carbocycles. The fourth-order valence-electron chi connectivity index (χ4n) is 10.3. The number of carbonyl (C=O) groups is 1. The molecule has 0 amide bonds. The van der Waals surface area contributed by atoms with E-state index in [2.05, 4.69) is 35.7 Å². The first kappa shape index (κ1) is 55.2. The third-order valence-electron chi connectivity index (χ3n) is 14.7. The zero-order valence-electron chi connectivity index (χ0n) is 44.4. The molecule has 5 aromatic rings. The van der Waals surface area contributed by atoms with E-state index in [0.717, 1.165) is 90.2 Å². The molecule has 1 saturated heterocycles. The molecule has 75 heavy (non-hydrogen) atoms. The molecule has 3 atom stereocenters. The molecule has 3 aliphatic heterocycles. The van der Waals surface area contributed by atoms with Crippen LogP contribution < -0.4 is 14.2 Å². The highest BCUT2D eigenvalue weighted by Gasteiger charge is 2.36. The van der Waals surface area contributed by atoms with Crippen LogP contribution >= 0.6 is 34.5 Å². The van der Waals surface area contributed by atoms with Crippen molar-refractivity contribution < 1.29 is 42.3 Å². The van der Waals surface area contributed by atoms with Gasteiger partial charge in [-0.3, -0.25) is 0 Å². The Bertz CT molecular complexity index is 2820. The van der Waals surface area contributed by atoms with Gasteiger partial charge >= 0.3 is 5.97 Å². The molecular weight excluding hydrogens is 1020 g/mol. The Hall–Kier alpha value is -4.52. The van der Waals surface area contributed by atoms with Crippen molar-refractivity contribution in [3.05, 3.63) is 91.6 Å². The number of allylic oxidation sites excluding steroid dienone is 2. The minimum atomic E-state index is -1.49. The second kappa shape index (κ2) is 24.4. The number of esters is 1. The first-order valence-corrected chi connectivity index (χ1v) is 27.9. The third kappa shape index (κ3) is 13.4.